The molecule has 0 spiro atoms. The second kappa shape index (κ2) is 8.39. The number of rotatable bonds is 5. The maximum Gasteiger partial charge on any atom is 0.252 e. The lowest BCUT2D eigenvalue weighted by Gasteiger charge is -2.09. The Hall–Kier alpha value is -2.74. The van der Waals surface area contributed by atoms with Gasteiger partial charge in [0.25, 0.3) is 5.91 Å². The van der Waals surface area contributed by atoms with Gasteiger partial charge in [0.2, 0.25) is 11.0 Å². The number of carbonyl (C=O) groups is 3. The highest BCUT2D eigenvalue weighted by Gasteiger charge is 2.21. The zero-order chi connectivity index (χ0) is 18.4. The van der Waals surface area contributed by atoms with Gasteiger partial charge in [-0.05, 0) is 36.0 Å². The van der Waals surface area contributed by atoms with Crippen LogP contribution in [0.1, 0.15) is 20.7 Å². The minimum atomic E-state index is -0.973. The molecule has 2 rings (SSSR count). The van der Waals surface area contributed by atoms with Gasteiger partial charge in [0, 0.05) is 11.9 Å². The van der Waals surface area contributed by atoms with Gasteiger partial charge >= 0.3 is 0 Å². The summed E-state index contributed by atoms with van der Waals surface area (Å²) in [5.41, 5.74) is -0.547. The summed E-state index contributed by atoms with van der Waals surface area (Å²) in [5.74, 6) is -2.91. The SMILES string of the molecule is CNC(=O)CNC(=O)c1ccccc1SC(=O)c1c(F)cccc1F. The van der Waals surface area contributed by atoms with Crippen molar-refractivity contribution in [2.45, 2.75) is 4.90 Å². The van der Waals surface area contributed by atoms with E-state index in [1.165, 1.54) is 19.2 Å². The summed E-state index contributed by atoms with van der Waals surface area (Å²) in [6.45, 7) is -0.232. The number of nitrogens with one attached hydrogen (secondary N) is 2. The van der Waals surface area contributed by atoms with Crippen molar-refractivity contribution in [3.05, 3.63) is 65.2 Å². The number of benzene rings is 2. The molecular formula is C17H14F2N2O3S. The van der Waals surface area contributed by atoms with E-state index in [0.717, 1.165) is 18.2 Å². The van der Waals surface area contributed by atoms with Gasteiger partial charge in [-0.15, -0.1) is 0 Å². The maximum atomic E-state index is 13.7. The van der Waals surface area contributed by atoms with Crippen LogP contribution in [0.25, 0.3) is 0 Å². The van der Waals surface area contributed by atoms with Crippen LogP contribution in [0.15, 0.2) is 47.4 Å². The third kappa shape index (κ3) is 4.63. The molecule has 0 saturated heterocycles. The van der Waals surface area contributed by atoms with E-state index in [4.69, 9.17) is 0 Å². The largest absolute Gasteiger partial charge is 0.358 e. The molecule has 2 N–H and O–H groups in total. The third-order valence-corrected chi connectivity index (χ3v) is 4.15. The number of thioether (sulfide) groups is 1. The van der Waals surface area contributed by atoms with Crippen molar-refractivity contribution in [3.8, 4) is 0 Å². The molecule has 2 amide bonds. The van der Waals surface area contributed by atoms with Crippen LogP contribution in [0, 0.1) is 11.6 Å². The molecule has 0 aromatic heterocycles. The fourth-order valence-electron chi connectivity index (χ4n) is 1.93. The molecule has 0 aliphatic rings. The minimum absolute atomic E-state index is 0.126. The van der Waals surface area contributed by atoms with Crippen LogP contribution in [-0.2, 0) is 4.79 Å². The Bertz CT molecular complexity index is 807. The predicted octanol–water partition coefficient (Wildman–Crippen LogP) is 2.37. The number of likely N-dealkylation sites (N-methyl/N-ethyl adjacent to an activating group) is 1. The van der Waals surface area contributed by atoms with E-state index in [1.807, 2.05) is 0 Å². The van der Waals surface area contributed by atoms with Crippen molar-refractivity contribution in [2.75, 3.05) is 13.6 Å². The van der Waals surface area contributed by atoms with Crippen LogP contribution in [0.3, 0.4) is 0 Å². The summed E-state index contributed by atoms with van der Waals surface area (Å²) in [7, 11) is 1.43. The Kier molecular flexibility index (Phi) is 6.24. The number of amides is 2. The van der Waals surface area contributed by atoms with Crippen molar-refractivity contribution in [3.63, 3.8) is 0 Å². The summed E-state index contributed by atoms with van der Waals surface area (Å²) in [4.78, 5) is 35.8. The molecule has 0 aliphatic carbocycles. The van der Waals surface area contributed by atoms with Gasteiger partial charge in [-0.25, -0.2) is 8.78 Å². The van der Waals surface area contributed by atoms with E-state index in [9.17, 15) is 23.2 Å². The topological polar surface area (TPSA) is 75.3 Å². The summed E-state index contributed by atoms with van der Waals surface area (Å²) >= 11 is 0.540. The van der Waals surface area contributed by atoms with Gasteiger partial charge in [0.1, 0.15) is 17.2 Å². The predicted molar refractivity (Wildman–Crippen MR) is 89.4 cm³/mol. The van der Waals surface area contributed by atoms with Crippen molar-refractivity contribution >= 4 is 28.7 Å². The van der Waals surface area contributed by atoms with E-state index >= 15 is 0 Å². The molecule has 8 heteroatoms. The van der Waals surface area contributed by atoms with Crippen LogP contribution in [0.5, 0.6) is 0 Å². The van der Waals surface area contributed by atoms with Crippen molar-refractivity contribution in [2.24, 2.45) is 0 Å². The highest BCUT2D eigenvalue weighted by molar-refractivity contribution is 8.14. The Morgan fingerprint density at radius 1 is 1.00 bits per heavy atom. The van der Waals surface area contributed by atoms with Gasteiger partial charge in [-0.1, -0.05) is 18.2 Å². The Balaban J connectivity index is 2.22. The van der Waals surface area contributed by atoms with E-state index in [0.29, 0.717) is 11.8 Å². The van der Waals surface area contributed by atoms with Crippen molar-refractivity contribution < 1.29 is 23.2 Å². The van der Waals surface area contributed by atoms with Gasteiger partial charge in [-0.2, -0.15) is 0 Å². The minimum Gasteiger partial charge on any atom is -0.358 e. The smallest absolute Gasteiger partial charge is 0.252 e. The number of hydrogen-bond acceptors (Lipinski definition) is 4. The lowest BCUT2D eigenvalue weighted by molar-refractivity contribution is -0.119. The molecule has 0 fully saturated rings. The zero-order valence-corrected chi connectivity index (χ0v) is 14.0. The van der Waals surface area contributed by atoms with Gasteiger partial charge in [-0.3, -0.25) is 14.4 Å². The molecule has 0 unspecified atom stereocenters. The Morgan fingerprint density at radius 2 is 1.64 bits per heavy atom. The fourth-order valence-corrected chi connectivity index (χ4v) is 2.85. The molecule has 5 nitrogen and oxygen atoms in total. The van der Waals surface area contributed by atoms with Crippen LogP contribution in [0.2, 0.25) is 0 Å². The average Bonchev–Trinajstić information content (AvgIpc) is 2.59. The molecule has 0 atom stereocenters. The van der Waals surface area contributed by atoms with Crippen LogP contribution in [-0.4, -0.2) is 30.5 Å². The lowest BCUT2D eigenvalue weighted by atomic mass is 10.2. The van der Waals surface area contributed by atoms with Crippen LogP contribution < -0.4 is 10.6 Å². The summed E-state index contributed by atoms with van der Waals surface area (Å²) in [6.07, 6.45) is 0. The first-order valence-corrected chi connectivity index (χ1v) is 7.99. The van der Waals surface area contributed by atoms with Crippen molar-refractivity contribution in [1.82, 2.24) is 10.6 Å². The molecule has 0 aliphatic heterocycles. The molecule has 0 bridgehead atoms. The van der Waals surface area contributed by atoms with E-state index in [-0.39, 0.29) is 22.9 Å². The summed E-state index contributed by atoms with van der Waals surface area (Å²) < 4.78 is 27.4. The first kappa shape index (κ1) is 18.6. The number of carbonyl (C=O) groups excluding carboxylic acids is 3. The third-order valence-electron chi connectivity index (χ3n) is 3.19. The standard InChI is InChI=1S/C17H14F2N2O3S/c1-20-14(22)9-21-16(23)10-5-2-3-8-13(10)25-17(24)15-11(18)6-4-7-12(15)19/h2-8H,9H2,1H3,(H,20,22)(H,21,23). The highest BCUT2D eigenvalue weighted by Crippen LogP contribution is 2.28. The molecular weight excluding hydrogens is 350 g/mol. The summed E-state index contributed by atoms with van der Waals surface area (Å²) in [5, 5.41) is 3.90. The maximum absolute atomic E-state index is 13.7. The lowest BCUT2D eigenvalue weighted by Crippen LogP contribution is -2.35. The van der Waals surface area contributed by atoms with E-state index in [1.54, 1.807) is 12.1 Å². The highest BCUT2D eigenvalue weighted by atomic mass is 32.2. The quantitative estimate of drug-likeness (QED) is 0.799. The molecule has 0 saturated carbocycles. The zero-order valence-electron chi connectivity index (χ0n) is 13.1. The van der Waals surface area contributed by atoms with Crippen LogP contribution in [0.4, 0.5) is 8.78 Å². The first-order chi connectivity index (χ1) is 11.9. The average molecular weight is 364 g/mol. The van der Waals surface area contributed by atoms with E-state index < -0.39 is 28.2 Å². The number of halogens is 2. The van der Waals surface area contributed by atoms with Gasteiger partial charge in [0.15, 0.2) is 0 Å². The molecule has 130 valence electrons. The monoisotopic (exact) mass is 364 g/mol. The molecule has 2 aromatic rings. The molecule has 25 heavy (non-hydrogen) atoms. The first-order valence-electron chi connectivity index (χ1n) is 7.18. The second-order valence-electron chi connectivity index (χ2n) is 4.84. The number of hydrogen-bond donors (Lipinski definition) is 2. The molecule has 2 aromatic carbocycles. The van der Waals surface area contributed by atoms with Crippen LogP contribution >= 0.6 is 11.8 Å². The normalized spacial score (nSPS) is 10.2. The molecule has 0 heterocycles. The Morgan fingerprint density at radius 3 is 2.28 bits per heavy atom. The summed E-state index contributed by atoms with van der Waals surface area (Å²) in [6, 6.07) is 9.22. The second-order valence-corrected chi connectivity index (χ2v) is 5.85. The molecule has 0 radical (unpaired) electrons. The van der Waals surface area contributed by atoms with Crippen molar-refractivity contribution in [1.29, 1.82) is 0 Å². The fraction of sp³-hybridized carbons (Fsp3) is 0.118. The van der Waals surface area contributed by atoms with Gasteiger partial charge < -0.3 is 10.6 Å². The van der Waals surface area contributed by atoms with E-state index in [2.05, 4.69) is 10.6 Å². The van der Waals surface area contributed by atoms with Gasteiger partial charge in [0.05, 0.1) is 12.1 Å². The Labute approximate surface area is 146 Å².